The van der Waals surface area contributed by atoms with Gasteiger partial charge in [-0.1, -0.05) is 44.2 Å². The first-order valence-electron chi connectivity index (χ1n) is 14.6. The minimum atomic E-state index is -0.993. The lowest BCUT2D eigenvalue weighted by atomic mass is 9.85. The fourth-order valence-corrected chi connectivity index (χ4v) is 5.89. The van der Waals surface area contributed by atoms with E-state index < -0.39 is 17.9 Å². The Morgan fingerprint density at radius 2 is 1.71 bits per heavy atom. The first-order valence-corrected chi connectivity index (χ1v) is 14.6. The maximum absolute atomic E-state index is 13.9. The Balaban J connectivity index is 1.64. The summed E-state index contributed by atoms with van der Waals surface area (Å²) < 4.78 is 15.5. The number of carbonyl (C=O) groups is 2. The Bertz CT molecular complexity index is 1430. The number of carboxylic acids is 1. The van der Waals surface area contributed by atoms with E-state index in [9.17, 15) is 23.9 Å². The number of benzene rings is 2. The summed E-state index contributed by atoms with van der Waals surface area (Å²) in [5.74, 6) is -1.85. The number of carboxylic acid groups (broad SMARTS) is 1. The van der Waals surface area contributed by atoms with Gasteiger partial charge < -0.3 is 14.6 Å². The number of aliphatic carboxylic acids is 1. The van der Waals surface area contributed by atoms with Crippen molar-refractivity contribution < 1.29 is 19.1 Å². The number of hydrogen-bond acceptors (Lipinski definition) is 4. The molecule has 2 atom stereocenters. The number of aromatic nitrogens is 1. The lowest BCUT2D eigenvalue weighted by molar-refractivity contribution is -0.137. The molecule has 3 aromatic rings. The fraction of sp³-hybridized carbons (Fsp3) is 0.441. The summed E-state index contributed by atoms with van der Waals surface area (Å²) in [5, 5.41) is 9.76. The molecule has 0 saturated carbocycles. The number of carbonyl (C=O) groups excluding carboxylic acids is 1. The third-order valence-corrected chi connectivity index (χ3v) is 8.08. The van der Waals surface area contributed by atoms with Gasteiger partial charge in [0.1, 0.15) is 5.82 Å². The van der Waals surface area contributed by atoms with Crippen molar-refractivity contribution in [1.29, 1.82) is 0 Å². The molecule has 2 aromatic carbocycles. The van der Waals surface area contributed by atoms with Crippen molar-refractivity contribution in [2.45, 2.75) is 71.8 Å². The Labute approximate surface area is 241 Å². The van der Waals surface area contributed by atoms with Gasteiger partial charge in [0.05, 0.1) is 12.5 Å². The number of rotatable bonds is 13. The maximum Gasteiger partial charge on any atom is 0.303 e. The van der Waals surface area contributed by atoms with E-state index in [1.807, 2.05) is 64.2 Å². The zero-order valence-corrected chi connectivity index (χ0v) is 24.5. The largest absolute Gasteiger partial charge is 0.481 e. The van der Waals surface area contributed by atoms with Gasteiger partial charge in [-0.25, -0.2) is 4.39 Å². The van der Waals surface area contributed by atoms with Crippen LogP contribution < -0.4 is 5.56 Å². The quantitative estimate of drug-likeness (QED) is 0.265. The van der Waals surface area contributed by atoms with Crippen molar-refractivity contribution in [3.05, 3.63) is 93.2 Å². The summed E-state index contributed by atoms with van der Waals surface area (Å²) in [7, 11) is 0. The van der Waals surface area contributed by atoms with Gasteiger partial charge in [0.2, 0.25) is 0 Å². The molecule has 2 heterocycles. The Kier molecular flexibility index (Phi) is 9.92. The summed E-state index contributed by atoms with van der Waals surface area (Å²) in [6.45, 7) is 10.9. The summed E-state index contributed by atoms with van der Waals surface area (Å²) in [5.41, 5.74) is 4.85. The molecular weight excluding hydrogens is 519 g/mol. The van der Waals surface area contributed by atoms with Crippen LogP contribution >= 0.6 is 0 Å². The minimum absolute atomic E-state index is 0.00102. The average Bonchev–Trinajstić information content (AvgIpc) is 2.86. The molecule has 1 aliphatic rings. The third-order valence-electron chi connectivity index (χ3n) is 8.08. The summed E-state index contributed by atoms with van der Waals surface area (Å²) in [6, 6.07) is 13.2. The van der Waals surface area contributed by atoms with E-state index in [4.69, 9.17) is 0 Å². The first-order chi connectivity index (χ1) is 19.5. The van der Waals surface area contributed by atoms with Crippen LogP contribution in [0.1, 0.15) is 73.7 Å². The molecule has 1 N–H and O–H groups in total. The first kappa shape index (κ1) is 30.4. The number of ketones is 1. The molecule has 6 nitrogen and oxygen atoms in total. The molecule has 1 saturated heterocycles. The second-order valence-corrected chi connectivity index (χ2v) is 11.9. The minimum Gasteiger partial charge on any atom is -0.481 e. The molecule has 1 aliphatic heterocycles. The van der Waals surface area contributed by atoms with Crippen molar-refractivity contribution in [2.24, 2.45) is 5.92 Å². The molecule has 1 fully saturated rings. The van der Waals surface area contributed by atoms with Crippen molar-refractivity contribution >= 4 is 11.8 Å². The van der Waals surface area contributed by atoms with Gasteiger partial charge in [0.25, 0.3) is 5.56 Å². The van der Waals surface area contributed by atoms with Crippen LogP contribution in [0.5, 0.6) is 0 Å². The van der Waals surface area contributed by atoms with E-state index in [1.165, 1.54) is 24.6 Å². The topological polar surface area (TPSA) is 79.6 Å². The normalized spacial score (nSPS) is 15.0. The number of likely N-dealkylation sites (tertiary alicyclic amines) is 1. The molecule has 0 amide bonds. The molecule has 1 aromatic heterocycles. The molecule has 218 valence electrons. The lowest BCUT2D eigenvalue weighted by Crippen LogP contribution is -2.38. The monoisotopic (exact) mass is 560 g/mol. The zero-order chi connectivity index (χ0) is 29.7. The van der Waals surface area contributed by atoms with Gasteiger partial charge in [-0.3, -0.25) is 14.4 Å². The SMILES string of the molecule is Cc1cc(F)cc(C)c1-c1cccc([C@H](CC(=O)O)CC(=O)C(CC(C)C)n2cc(CCN3CCC3)ccc2=O)c1. The molecule has 0 spiro atoms. The van der Waals surface area contributed by atoms with Crippen molar-refractivity contribution in [3.8, 4) is 11.1 Å². The predicted octanol–water partition coefficient (Wildman–Crippen LogP) is 6.32. The molecule has 1 unspecified atom stereocenters. The number of hydrogen-bond donors (Lipinski definition) is 1. The highest BCUT2D eigenvalue weighted by molar-refractivity contribution is 5.84. The molecule has 4 rings (SSSR count). The van der Waals surface area contributed by atoms with E-state index in [0.717, 1.165) is 59.4 Å². The van der Waals surface area contributed by atoms with E-state index in [2.05, 4.69) is 4.90 Å². The number of aryl methyl sites for hydroxylation is 2. The van der Waals surface area contributed by atoms with Crippen LogP contribution in [0.25, 0.3) is 11.1 Å². The van der Waals surface area contributed by atoms with Gasteiger partial charge in [-0.05, 0) is 97.6 Å². The summed E-state index contributed by atoms with van der Waals surface area (Å²) in [4.78, 5) is 41.2. The summed E-state index contributed by atoms with van der Waals surface area (Å²) in [6.07, 6.45) is 4.12. The highest BCUT2D eigenvalue weighted by Crippen LogP contribution is 2.34. The molecule has 7 heteroatoms. The molecule has 41 heavy (non-hydrogen) atoms. The molecular formula is C34H41FN2O4. The van der Waals surface area contributed by atoms with Gasteiger partial charge in [0, 0.05) is 31.1 Å². The molecule has 0 bridgehead atoms. The van der Waals surface area contributed by atoms with Crippen LogP contribution in [-0.2, 0) is 16.0 Å². The maximum atomic E-state index is 13.9. The second kappa shape index (κ2) is 13.4. The van der Waals surface area contributed by atoms with Crippen LogP contribution in [0.2, 0.25) is 0 Å². The zero-order valence-electron chi connectivity index (χ0n) is 24.5. The van der Waals surface area contributed by atoms with Crippen LogP contribution in [0, 0.1) is 25.6 Å². The van der Waals surface area contributed by atoms with E-state index in [1.54, 1.807) is 4.57 Å². The second-order valence-electron chi connectivity index (χ2n) is 11.9. The van der Waals surface area contributed by atoms with Gasteiger partial charge >= 0.3 is 5.97 Å². The Hall–Kier alpha value is -3.58. The Morgan fingerprint density at radius 3 is 2.32 bits per heavy atom. The number of nitrogens with zero attached hydrogens (tertiary/aromatic N) is 2. The highest BCUT2D eigenvalue weighted by Gasteiger charge is 2.28. The van der Waals surface area contributed by atoms with Crippen LogP contribution in [0.4, 0.5) is 4.39 Å². The lowest BCUT2D eigenvalue weighted by Gasteiger charge is -2.30. The van der Waals surface area contributed by atoms with Crippen LogP contribution in [-0.4, -0.2) is 46.0 Å². The fourth-order valence-electron chi connectivity index (χ4n) is 5.89. The number of halogens is 1. The van der Waals surface area contributed by atoms with Crippen molar-refractivity contribution in [3.63, 3.8) is 0 Å². The number of Topliss-reactive ketones (excluding diaryl/α,β-unsaturated/α-hetero) is 1. The number of pyridine rings is 1. The van der Waals surface area contributed by atoms with Crippen molar-refractivity contribution in [1.82, 2.24) is 9.47 Å². The Morgan fingerprint density at radius 1 is 1.00 bits per heavy atom. The van der Waals surface area contributed by atoms with E-state index >= 15 is 0 Å². The smallest absolute Gasteiger partial charge is 0.303 e. The van der Waals surface area contributed by atoms with Gasteiger partial charge in [0.15, 0.2) is 5.78 Å². The molecule has 0 radical (unpaired) electrons. The van der Waals surface area contributed by atoms with E-state index in [-0.39, 0.29) is 35.9 Å². The van der Waals surface area contributed by atoms with Gasteiger partial charge in [-0.2, -0.15) is 0 Å². The van der Waals surface area contributed by atoms with Crippen molar-refractivity contribution in [2.75, 3.05) is 19.6 Å². The average molecular weight is 561 g/mol. The highest BCUT2D eigenvalue weighted by atomic mass is 19.1. The van der Waals surface area contributed by atoms with Gasteiger partial charge in [-0.15, -0.1) is 0 Å². The third kappa shape index (κ3) is 7.79. The molecule has 0 aliphatic carbocycles. The van der Waals surface area contributed by atoms with Crippen LogP contribution in [0.3, 0.4) is 0 Å². The standard InChI is InChI=1S/C34H41FN2O4/c1-22(2)15-30(37-21-25(9-10-32(37)39)11-14-36-12-6-13-36)31(38)19-28(20-33(40)41)26-7-5-8-27(18-26)34-23(3)16-29(35)17-24(34)4/h5,7-10,16-18,21-22,28,30H,6,11-15,19-20H2,1-4H3,(H,40,41)/t28-,30?/m0/s1. The predicted molar refractivity (Wildman–Crippen MR) is 160 cm³/mol. The van der Waals surface area contributed by atoms with E-state index in [0.29, 0.717) is 6.42 Å². The van der Waals surface area contributed by atoms with Crippen LogP contribution in [0.15, 0.2) is 59.5 Å². The summed E-state index contributed by atoms with van der Waals surface area (Å²) >= 11 is 0.